The summed E-state index contributed by atoms with van der Waals surface area (Å²) in [6.07, 6.45) is 0. The number of anilines is 1. The molecule has 2 aromatic rings. The molecule has 0 aliphatic carbocycles. The van der Waals surface area contributed by atoms with Crippen molar-refractivity contribution in [2.24, 2.45) is 0 Å². The number of hydrogen-bond donors (Lipinski definition) is 1. The third kappa shape index (κ3) is 5.55. The quantitative estimate of drug-likeness (QED) is 0.752. The highest BCUT2D eigenvalue weighted by Crippen LogP contribution is 2.24. The Bertz CT molecular complexity index is 862. The van der Waals surface area contributed by atoms with Crippen molar-refractivity contribution in [3.63, 3.8) is 0 Å². The van der Waals surface area contributed by atoms with Crippen LogP contribution in [0.3, 0.4) is 0 Å². The fraction of sp³-hybridized carbons (Fsp3) is 0.350. The normalized spacial score (nSPS) is 12.4. The number of rotatable bonds is 8. The minimum Gasteiger partial charge on any atom is -0.383 e. The molecular weight excluding hydrogens is 364 g/mol. The van der Waals surface area contributed by atoms with Gasteiger partial charge in [0.25, 0.3) is 10.0 Å². The fourth-order valence-electron chi connectivity index (χ4n) is 2.61. The summed E-state index contributed by atoms with van der Waals surface area (Å²) in [4.78, 5) is 12.6. The number of aryl methyl sites for hydroxylation is 2. The van der Waals surface area contributed by atoms with Gasteiger partial charge in [-0.25, -0.2) is 8.42 Å². The number of nitrogens with zero attached hydrogens (tertiary/aromatic N) is 1. The monoisotopic (exact) mass is 390 g/mol. The number of ether oxygens (including phenoxy) is 1. The molecule has 0 aromatic heterocycles. The van der Waals surface area contributed by atoms with Gasteiger partial charge in [0.2, 0.25) is 5.91 Å². The largest absolute Gasteiger partial charge is 0.383 e. The van der Waals surface area contributed by atoms with Gasteiger partial charge in [-0.3, -0.25) is 9.10 Å². The van der Waals surface area contributed by atoms with Gasteiger partial charge in [0.05, 0.1) is 17.2 Å². The zero-order chi connectivity index (χ0) is 20.0. The lowest BCUT2D eigenvalue weighted by Crippen LogP contribution is -2.44. The van der Waals surface area contributed by atoms with E-state index in [1.54, 1.807) is 50.4 Å². The zero-order valence-electron chi connectivity index (χ0n) is 16.1. The molecule has 1 N–H and O–H groups in total. The van der Waals surface area contributed by atoms with Crippen molar-refractivity contribution in [3.8, 4) is 0 Å². The minimum atomic E-state index is -3.89. The molecule has 1 atom stereocenters. The van der Waals surface area contributed by atoms with Crippen LogP contribution in [-0.2, 0) is 19.6 Å². The Morgan fingerprint density at radius 3 is 2.07 bits per heavy atom. The Kier molecular flexibility index (Phi) is 6.98. The molecule has 0 aliphatic rings. The predicted molar refractivity (Wildman–Crippen MR) is 106 cm³/mol. The van der Waals surface area contributed by atoms with E-state index in [-0.39, 0.29) is 17.5 Å². The molecule has 2 rings (SSSR count). The summed E-state index contributed by atoms with van der Waals surface area (Å²) in [7, 11) is -2.34. The van der Waals surface area contributed by atoms with Crippen LogP contribution in [0.15, 0.2) is 53.4 Å². The van der Waals surface area contributed by atoms with Crippen LogP contribution in [0.2, 0.25) is 0 Å². The lowest BCUT2D eigenvalue weighted by atomic mass is 10.2. The average Bonchev–Trinajstić information content (AvgIpc) is 2.61. The van der Waals surface area contributed by atoms with Crippen molar-refractivity contribution in [2.45, 2.75) is 31.7 Å². The van der Waals surface area contributed by atoms with Crippen LogP contribution < -0.4 is 9.62 Å². The van der Waals surface area contributed by atoms with Gasteiger partial charge < -0.3 is 10.1 Å². The molecule has 0 radical (unpaired) electrons. The minimum absolute atomic E-state index is 0.145. The molecule has 0 spiro atoms. The molecule has 2 aromatic carbocycles. The lowest BCUT2D eigenvalue weighted by molar-refractivity contribution is -0.120. The summed E-state index contributed by atoms with van der Waals surface area (Å²) in [5, 5.41) is 2.76. The van der Waals surface area contributed by atoms with Crippen LogP contribution >= 0.6 is 0 Å². The zero-order valence-corrected chi connectivity index (χ0v) is 16.9. The summed E-state index contributed by atoms with van der Waals surface area (Å²) in [6.45, 7) is 5.64. The van der Waals surface area contributed by atoms with Gasteiger partial charge in [0, 0.05) is 13.2 Å². The van der Waals surface area contributed by atoms with E-state index < -0.39 is 15.9 Å². The van der Waals surface area contributed by atoms with Crippen molar-refractivity contribution < 1.29 is 17.9 Å². The highest BCUT2D eigenvalue weighted by atomic mass is 32.2. The first kappa shape index (κ1) is 20.9. The van der Waals surface area contributed by atoms with Crippen LogP contribution in [0.5, 0.6) is 0 Å². The van der Waals surface area contributed by atoms with E-state index in [4.69, 9.17) is 4.74 Å². The van der Waals surface area contributed by atoms with Crippen molar-refractivity contribution in [2.75, 3.05) is 24.6 Å². The van der Waals surface area contributed by atoms with Gasteiger partial charge in [0.15, 0.2) is 0 Å². The van der Waals surface area contributed by atoms with Gasteiger partial charge >= 0.3 is 0 Å². The fourth-order valence-corrected chi connectivity index (χ4v) is 4.03. The second kappa shape index (κ2) is 9.01. The van der Waals surface area contributed by atoms with Crippen LogP contribution in [-0.4, -0.2) is 40.6 Å². The smallest absolute Gasteiger partial charge is 0.264 e. The van der Waals surface area contributed by atoms with E-state index in [0.29, 0.717) is 12.3 Å². The van der Waals surface area contributed by atoms with Gasteiger partial charge in [-0.15, -0.1) is 0 Å². The van der Waals surface area contributed by atoms with Crippen LogP contribution in [0.1, 0.15) is 18.1 Å². The molecule has 0 aliphatic heterocycles. The van der Waals surface area contributed by atoms with Crippen molar-refractivity contribution in [3.05, 3.63) is 59.7 Å². The molecule has 0 fully saturated rings. The first-order valence-electron chi connectivity index (χ1n) is 8.68. The Morgan fingerprint density at radius 1 is 1.04 bits per heavy atom. The van der Waals surface area contributed by atoms with E-state index in [2.05, 4.69) is 5.32 Å². The second-order valence-corrected chi connectivity index (χ2v) is 8.45. The topological polar surface area (TPSA) is 75.7 Å². The van der Waals surface area contributed by atoms with E-state index in [1.165, 1.54) is 0 Å². The third-order valence-electron chi connectivity index (χ3n) is 4.04. The third-order valence-corrected chi connectivity index (χ3v) is 5.83. The number of benzene rings is 2. The highest BCUT2D eigenvalue weighted by molar-refractivity contribution is 7.92. The summed E-state index contributed by atoms with van der Waals surface area (Å²) >= 11 is 0. The number of hydrogen-bond acceptors (Lipinski definition) is 4. The summed E-state index contributed by atoms with van der Waals surface area (Å²) < 4.78 is 32.5. The van der Waals surface area contributed by atoms with Gasteiger partial charge in [-0.1, -0.05) is 35.4 Å². The standard InChI is InChI=1S/C20H26N2O4S/c1-15-5-9-18(10-6-15)22(13-20(23)21-17(3)14-26-4)27(24,25)19-11-7-16(2)8-12-19/h5-12,17H,13-14H2,1-4H3,(H,21,23)/t17-/m1/s1. The van der Waals surface area contributed by atoms with Gasteiger partial charge in [-0.05, 0) is 45.0 Å². The number of amides is 1. The lowest BCUT2D eigenvalue weighted by Gasteiger charge is -2.25. The molecule has 0 saturated carbocycles. The van der Waals surface area contributed by atoms with Gasteiger partial charge in [-0.2, -0.15) is 0 Å². The Labute approximate surface area is 161 Å². The van der Waals surface area contributed by atoms with E-state index in [0.717, 1.165) is 15.4 Å². The SMILES string of the molecule is COC[C@@H](C)NC(=O)CN(c1ccc(C)cc1)S(=O)(=O)c1ccc(C)cc1. The van der Waals surface area contributed by atoms with E-state index in [9.17, 15) is 13.2 Å². The number of nitrogens with one attached hydrogen (secondary N) is 1. The number of sulfonamides is 1. The maximum Gasteiger partial charge on any atom is 0.264 e. The van der Waals surface area contributed by atoms with Crippen molar-refractivity contribution in [1.82, 2.24) is 5.32 Å². The molecule has 7 heteroatoms. The maximum atomic E-state index is 13.2. The maximum absolute atomic E-state index is 13.2. The number of carbonyl (C=O) groups is 1. The molecule has 146 valence electrons. The molecule has 0 saturated heterocycles. The molecule has 1 amide bonds. The Morgan fingerprint density at radius 2 is 1.56 bits per heavy atom. The number of methoxy groups -OCH3 is 1. The second-order valence-electron chi connectivity index (χ2n) is 6.58. The first-order valence-corrected chi connectivity index (χ1v) is 10.1. The molecule has 6 nitrogen and oxygen atoms in total. The molecule has 0 bridgehead atoms. The Balaban J connectivity index is 2.36. The highest BCUT2D eigenvalue weighted by Gasteiger charge is 2.27. The number of carbonyl (C=O) groups excluding carboxylic acids is 1. The molecular formula is C20H26N2O4S. The average molecular weight is 391 g/mol. The van der Waals surface area contributed by atoms with Crippen LogP contribution in [0.4, 0.5) is 5.69 Å². The van der Waals surface area contributed by atoms with Crippen LogP contribution in [0.25, 0.3) is 0 Å². The van der Waals surface area contributed by atoms with Crippen LogP contribution in [0, 0.1) is 13.8 Å². The summed E-state index contributed by atoms with van der Waals surface area (Å²) in [5.41, 5.74) is 2.40. The van der Waals surface area contributed by atoms with E-state index in [1.807, 2.05) is 26.0 Å². The first-order chi connectivity index (χ1) is 12.7. The molecule has 27 heavy (non-hydrogen) atoms. The predicted octanol–water partition coefficient (Wildman–Crippen LogP) is 2.65. The Hall–Kier alpha value is -2.38. The van der Waals surface area contributed by atoms with Crippen molar-refractivity contribution in [1.29, 1.82) is 0 Å². The van der Waals surface area contributed by atoms with Crippen molar-refractivity contribution >= 4 is 21.6 Å². The molecule has 0 heterocycles. The van der Waals surface area contributed by atoms with E-state index >= 15 is 0 Å². The summed E-state index contributed by atoms with van der Waals surface area (Å²) in [6, 6.07) is 13.4. The van der Waals surface area contributed by atoms with Gasteiger partial charge in [0.1, 0.15) is 6.54 Å². The summed E-state index contributed by atoms with van der Waals surface area (Å²) in [5.74, 6) is -0.393. The molecule has 0 unspecified atom stereocenters.